The first-order valence-corrected chi connectivity index (χ1v) is 6.27. The molecule has 1 heterocycles. The maximum atomic E-state index is 14.3. The van der Waals surface area contributed by atoms with E-state index in [1.807, 2.05) is 13.8 Å². The van der Waals surface area contributed by atoms with Gasteiger partial charge in [-0.1, -0.05) is 31.5 Å². The van der Waals surface area contributed by atoms with Gasteiger partial charge in [-0.3, -0.25) is 0 Å². The zero-order valence-corrected chi connectivity index (χ0v) is 11.7. The molecule has 19 heavy (non-hydrogen) atoms. The van der Waals surface area contributed by atoms with Crippen LogP contribution >= 0.6 is 11.6 Å². The second-order valence-electron chi connectivity index (χ2n) is 4.40. The van der Waals surface area contributed by atoms with E-state index in [-0.39, 0.29) is 11.7 Å². The zero-order valence-electron chi connectivity index (χ0n) is 10.9. The fourth-order valence-electron chi connectivity index (χ4n) is 1.95. The summed E-state index contributed by atoms with van der Waals surface area (Å²) in [7, 11) is 1.43. The first-order chi connectivity index (χ1) is 9.06. The van der Waals surface area contributed by atoms with Gasteiger partial charge in [0.05, 0.1) is 12.8 Å². The van der Waals surface area contributed by atoms with E-state index in [9.17, 15) is 4.39 Å². The second-order valence-corrected chi connectivity index (χ2v) is 4.76. The normalized spacial score (nSPS) is 10.8. The van der Waals surface area contributed by atoms with Crippen molar-refractivity contribution < 1.29 is 9.13 Å². The lowest BCUT2D eigenvalue weighted by Crippen LogP contribution is -2.01. The molecule has 0 radical (unpaired) electrons. The van der Waals surface area contributed by atoms with E-state index in [0.29, 0.717) is 16.4 Å². The summed E-state index contributed by atoms with van der Waals surface area (Å²) < 4.78 is 19.3. The van der Waals surface area contributed by atoms with Crippen LogP contribution in [0.1, 0.15) is 25.3 Å². The number of hydrogen-bond donors (Lipinski definition) is 0. The average molecular weight is 281 g/mol. The van der Waals surface area contributed by atoms with Gasteiger partial charge in [0.2, 0.25) is 0 Å². The van der Waals surface area contributed by atoms with Crippen molar-refractivity contribution in [2.45, 2.75) is 19.8 Å². The number of methoxy groups -OCH3 is 1. The molecule has 0 aliphatic carbocycles. The van der Waals surface area contributed by atoms with Crippen LogP contribution in [0.4, 0.5) is 4.39 Å². The second kappa shape index (κ2) is 5.53. The molecule has 1 aromatic heterocycles. The highest BCUT2D eigenvalue weighted by Gasteiger charge is 2.19. The topological polar surface area (TPSA) is 35.0 Å². The van der Waals surface area contributed by atoms with E-state index in [0.717, 1.165) is 5.56 Å². The van der Waals surface area contributed by atoms with Crippen molar-refractivity contribution in [3.05, 3.63) is 41.1 Å². The fourth-order valence-corrected chi connectivity index (χ4v) is 2.30. The maximum Gasteiger partial charge on any atom is 0.174 e. The Labute approximate surface area is 116 Å². The molecular formula is C14H14ClFN2O. The van der Waals surface area contributed by atoms with E-state index in [1.165, 1.54) is 13.4 Å². The third kappa shape index (κ3) is 2.54. The van der Waals surface area contributed by atoms with Gasteiger partial charge in [0.25, 0.3) is 0 Å². The van der Waals surface area contributed by atoms with Crippen LogP contribution < -0.4 is 4.74 Å². The smallest absolute Gasteiger partial charge is 0.174 e. The van der Waals surface area contributed by atoms with Crippen LogP contribution in [0.25, 0.3) is 11.3 Å². The molecular weight excluding hydrogens is 267 g/mol. The Morgan fingerprint density at radius 2 is 2.00 bits per heavy atom. The Balaban J connectivity index is 2.69. The summed E-state index contributed by atoms with van der Waals surface area (Å²) in [6.07, 6.45) is 1.34. The monoisotopic (exact) mass is 280 g/mol. The maximum absolute atomic E-state index is 14.3. The quantitative estimate of drug-likeness (QED) is 0.795. The van der Waals surface area contributed by atoms with Crippen molar-refractivity contribution in [2.75, 3.05) is 7.11 Å². The molecule has 3 nitrogen and oxygen atoms in total. The summed E-state index contributed by atoms with van der Waals surface area (Å²) >= 11 is 6.10. The van der Waals surface area contributed by atoms with Gasteiger partial charge in [0, 0.05) is 11.1 Å². The molecule has 0 bridgehead atoms. The number of rotatable bonds is 3. The molecule has 0 unspecified atom stereocenters. The van der Waals surface area contributed by atoms with Crippen molar-refractivity contribution in [1.29, 1.82) is 0 Å². The van der Waals surface area contributed by atoms with Crippen LogP contribution in [0.15, 0.2) is 24.5 Å². The van der Waals surface area contributed by atoms with Crippen LogP contribution in [0, 0.1) is 5.82 Å². The predicted octanol–water partition coefficient (Wildman–Crippen LogP) is 4.07. The van der Waals surface area contributed by atoms with E-state index in [4.69, 9.17) is 16.3 Å². The van der Waals surface area contributed by atoms with Gasteiger partial charge in [-0.2, -0.15) is 0 Å². The van der Waals surface area contributed by atoms with Crippen LogP contribution in [-0.2, 0) is 0 Å². The van der Waals surface area contributed by atoms with Gasteiger partial charge in [0.1, 0.15) is 11.5 Å². The van der Waals surface area contributed by atoms with Crippen molar-refractivity contribution >= 4 is 11.6 Å². The highest BCUT2D eigenvalue weighted by molar-refractivity contribution is 6.30. The minimum Gasteiger partial charge on any atom is -0.494 e. The van der Waals surface area contributed by atoms with E-state index < -0.39 is 5.82 Å². The first kappa shape index (κ1) is 13.7. The van der Waals surface area contributed by atoms with Crippen LogP contribution in [0.5, 0.6) is 5.75 Å². The third-order valence-corrected chi connectivity index (χ3v) is 3.15. The molecule has 0 fully saturated rings. The molecule has 1 aromatic carbocycles. The van der Waals surface area contributed by atoms with Crippen LogP contribution in [0.3, 0.4) is 0 Å². The molecule has 0 aliphatic rings. The van der Waals surface area contributed by atoms with Crippen molar-refractivity contribution in [2.24, 2.45) is 0 Å². The SMILES string of the molecule is COc1cccc(-c2ncnc(Cl)c2C(C)C)c1F. The van der Waals surface area contributed by atoms with E-state index in [1.54, 1.807) is 18.2 Å². The number of ether oxygens (including phenoxy) is 1. The molecule has 0 atom stereocenters. The predicted molar refractivity (Wildman–Crippen MR) is 73.1 cm³/mol. The molecule has 0 N–H and O–H groups in total. The zero-order chi connectivity index (χ0) is 14.0. The molecule has 2 rings (SSSR count). The van der Waals surface area contributed by atoms with Gasteiger partial charge < -0.3 is 4.74 Å². The van der Waals surface area contributed by atoms with Gasteiger partial charge >= 0.3 is 0 Å². The number of aromatic nitrogens is 2. The Morgan fingerprint density at radius 1 is 1.26 bits per heavy atom. The average Bonchev–Trinajstić information content (AvgIpc) is 2.38. The molecule has 0 saturated carbocycles. The van der Waals surface area contributed by atoms with Crippen molar-refractivity contribution in [3.8, 4) is 17.0 Å². The van der Waals surface area contributed by atoms with E-state index >= 15 is 0 Å². The molecule has 0 aliphatic heterocycles. The Kier molecular flexibility index (Phi) is 4.00. The lowest BCUT2D eigenvalue weighted by atomic mass is 9.98. The standard InChI is InChI=1S/C14H14ClFN2O/c1-8(2)11-13(17-7-18-14(11)15)9-5-4-6-10(19-3)12(9)16/h4-8H,1-3H3. The van der Waals surface area contributed by atoms with Gasteiger partial charge in [-0.15, -0.1) is 0 Å². The summed E-state index contributed by atoms with van der Waals surface area (Å²) in [4.78, 5) is 8.14. The lowest BCUT2D eigenvalue weighted by molar-refractivity contribution is 0.387. The molecule has 0 amide bonds. The van der Waals surface area contributed by atoms with E-state index in [2.05, 4.69) is 9.97 Å². The number of benzene rings is 1. The molecule has 100 valence electrons. The highest BCUT2D eigenvalue weighted by Crippen LogP contribution is 2.35. The molecule has 2 aromatic rings. The Bertz CT molecular complexity index is 602. The van der Waals surface area contributed by atoms with Crippen LogP contribution in [-0.4, -0.2) is 17.1 Å². The molecule has 5 heteroatoms. The number of halogens is 2. The number of hydrogen-bond acceptors (Lipinski definition) is 3. The Morgan fingerprint density at radius 3 is 2.63 bits per heavy atom. The van der Waals surface area contributed by atoms with Crippen LogP contribution in [0.2, 0.25) is 5.15 Å². The lowest BCUT2D eigenvalue weighted by Gasteiger charge is -2.14. The Hall–Kier alpha value is -1.68. The number of nitrogens with zero attached hydrogens (tertiary/aromatic N) is 2. The van der Waals surface area contributed by atoms with Gasteiger partial charge in [-0.25, -0.2) is 14.4 Å². The summed E-state index contributed by atoms with van der Waals surface area (Å²) in [5.41, 5.74) is 1.61. The third-order valence-electron chi connectivity index (χ3n) is 2.85. The molecule has 0 spiro atoms. The van der Waals surface area contributed by atoms with Gasteiger partial charge in [0.15, 0.2) is 11.6 Å². The minimum atomic E-state index is -0.443. The van der Waals surface area contributed by atoms with Crippen molar-refractivity contribution in [1.82, 2.24) is 9.97 Å². The summed E-state index contributed by atoms with van der Waals surface area (Å²) in [6, 6.07) is 4.94. The minimum absolute atomic E-state index is 0.0919. The van der Waals surface area contributed by atoms with Gasteiger partial charge in [-0.05, 0) is 18.1 Å². The summed E-state index contributed by atoms with van der Waals surface area (Å²) in [5, 5.41) is 0.349. The van der Waals surface area contributed by atoms with Crippen molar-refractivity contribution in [3.63, 3.8) is 0 Å². The summed E-state index contributed by atoms with van der Waals surface area (Å²) in [5.74, 6) is -0.169. The fraction of sp³-hybridized carbons (Fsp3) is 0.286. The largest absolute Gasteiger partial charge is 0.494 e. The summed E-state index contributed by atoms with van der Waals surface area (Å²) in [6.45, 7) is 3.93. The molecule has 0 saturated heterocycles. The first-order valence-electron chi connectivity index (χ1n) is 5.89. The highest BCUT2D eigenvalue weighted by atomic mass is 35.5.